The fourth-order valence-electron chi connectivity index (χ4n) is 2.05. The molecule has 2 rings (SSSR count). The van der Waals surface area contributed by atoms with Crippen molar-refractivity contribution in [2.75, 3.05) is 37.5 Å². The zero-order chi connectivity index (χ0) is 15.5. The van der Waals surface area contributed by atoms with E-state index in [1.165, 1.54) is 0 Å². The van der Waals surface area contributed by atoms with Crippen LogP contribution in [0, 0.1) is 0 Å². The largest absolute Gasteiger partial charge is 0.354 e. The van der Waals surface area contributed by atoms with Crippen LogP contribution in [0.25, 0.3) is 0 Å². The Morgan fingerprint density at radius 1 is 1.57 bits per heavy atom. The number of hydrogen-bond donors (Lipinski definition) is 2. The van der Waals surface area contributed by atoms with E-state index in [0.29, 0.717) is 18.9 Å². The number of nitrogens with one attached hydrogen (secondary N) is 2. The summed E-state index contributed by atoms with van der Waals surface area (Å²) in [6, 6.07) is -0.0611. The number of anilines is 1. The average Bonchev–Trinajstić information content (AvgIpc) is 3.01. The van der Waals surface area contributed by atoms with Crippen molar-refractivity contribution in [2.45, 2.75) is 19.0 Å². The van der Waals surface area contributed by atoms with Gasteiger partial charge in [0.2, 0.25) is 0 Å². The number of thiazole rings is 1. The van der Waals surface area contributed by atoms with Crippen molar-refractivity contribution < 1.29 is 8.42 Å². The predicted octanol–water partition coefficient (Wildman–Crippen LogP) is 0.0612. The Kier molecular flexibility index (Phi) is 5.04. The van der Waals surface area contributed by atoms with Crippen molar-refractivity contribution >= 4 is 32.3 Å². The zero-order valence-electron chi connectivity index (χ0n) is 12.5. The molecule has 0 bridgehead atoms. The van der Waals surface area contributed by atoms with Crippen molar-refractivity contribution in [3.05, 3.63) is 11.1 Å². The summed E-state index contributed by atoms with van der Waals surface area (Å²) in [5, 5.41) is 9.26. The standard InChI is InChI=1S/C12H21N5O2S2/c1-13-11(15-9-4-5-21(18,19)8-9)14-6-10-7-20-12(16-10)17(2)3/h7,9H,4-6,8H2,1-3H3,(H2,13,14,15). The Balaban J connectivity index is 1.85. The topological polar surface area (TPSA) is 86.7 Å². The van der Waals surface area contributed by atoms with Crippen LogP contribution in [0.3, 0.4) is 0 Å². The molecule has 1 aliphatic rings. The quantitative estimate of drug-likeness (QED) is 0.599. The Hall–Kier alpha value is -1.35. The first kappa shape index (κ1) is 16.0. The maximum Gasteiger partial charge on any atom is 0.191 e. The van der Waals surface area contributed by atoms with Crippen LogP contribution in [0.2, 0.25) is 0 Å². The third-order valence-electron chi connectivity index (χ3n) is 3.16. The molecule has 9 heteroatoms. The van der Waals surface area contributed by atoms with Gasteiger partial charge in [-0.1, -0.05) is 0 Å². The molecule has 0 saturated carbocycles. The van der Waals surface area contributed by atoms with Crippen LogP contribution in [0.5, 0.6) is 0 Å². The van der Waals surface area contributed by atoms with E-state index in [4.69, 9.17) is 0 Å². The van der Waals surface area contributed by atoms with Gasteiger partial charge in [0.05, 0.1) is 23.7 Å². The highest BCUT2D eigenvalue weighted by Gasteiger charge is 2.28. The lowest BCUT2D eigenvalue weighted by Crippen LogP contribution is -2.43. The third kappa shape index (κ3) is 4.57. The summed E-state index contributed by atoms with van der Waals surface area (Å²) in [5.74, 6) is 1.03. The molecular formula is C12H21N5O2S2. The van der Waals surface area contributed by atoms with Crippen molar-refractivity contribution in [3.8, 4) is 0 Å². The summed E-state index contributed by atoms with van der Waals surface area (Å²) in [5.41, 5.74) is 0.936. The van der Waals surface area contributed by atoms with Crippen LogP contribution >= 0.6 is 11.3 Å². The molecule has 0 amide bonds. The molecular weight excluding hydrogens is 310 g/mol. The van der Waals surface area contributed by atoms with Gasteiger partial charge >= 0.3 is 0 Å². The van der Waals surface area contributed by atoms with Crippen LogP contribution in [0.15, 0.2) is 10.4 Å². The molecule has 1 aromatic heterocycles. The monoisotopic (exact) mass is 331 g/mol. The zero-order valence-corrected chi connectivity index (χ0v) is 14.1. The van der Waals surface area contributed by atoms with E-state index in [-0.39, 0.29) is 17.5 Å². The number of hydrogen-bond acceptors (Lipinski definition) is 6. The van der Waals surface area contributed by atoms with Crippen LogP contribution < -0.4 is 15.5 Å². The molecule has 21 heavy (non-hydrogen) atoms. The van der Waals surface area contributed by atoms with Crippen molar-refractivity contribution in [1.82, 2.24) is 15.6 Å². The number of aromatic nitrogens is 1. The minimum atomic E-state index is -2.88. The van der Waals surface area contributed by atoms with Gasteiger partial charge in [0.15, 0.2) is 20.9 Å². The van der Waals surface area contributed by atoms with Crippen LogP contribution in [-0.4, -0.2) is 58.1 Å². The maximum absolute atomic E-state index is 11.4. The molecule has 0 spiro atoms. The normalized spacial score (nSPS) is 21.3. The predicted molar refractivity (Wildman–Crippen MR) is 86.8 cm³/mol. The molecule has 0 aromatic carbocycles. The Labute approximate surface area is 129 Å². The fraction of sp³-hybridized carbons (Fsp3) is 0.667. The second kappa shape index (κ2) is 6.61. The molecule has 1 atom stereocenters. The Morgan fingerprint density at radius 2 is 2.33 bits per heavy atom. The van der Waals surface area contributed by atoms with E-state index < -0.39 is 9.84 Å². The molecule has 2 heterocycles. The van der Waals surface area contributed by atoms with Crippen molar-refractivity contribution in [1.29, 1.82) is 0 Å². The van der Waals surface area contributed by atoms with E-state index in [2.05, 4.69) is 20.6 Å². The van der Waals surface area contributed by atoms with Crippen LogP contribution in [0.4, 0.5) is 5.13 Å². The van der Waals surface area contributed by atoms with Gasteiger partial charge in [-0.05, 0) is 6.42 Å². The minimum absolute atomic E-state index is 0.0611. The summed E-state index contributed by atoms with van der Waals surface area (Å²) >= 11 is 1.58. The first-order chi connectivity index (χ1) is 9.89. The molecule has 1 aromatic rings. The molecule has 1 fully saturated rings. The van der Waals surface area contributed by atoms with E-state index in [9.17, 15) is 8.42 Å². The fourth-order valence-corrected chi connectivity index (χ4v) is 4.49. The SMILES string of the molecule is CN=C(NCc1csc(N(C)C)n1)NC1CCS(=O)(=O)C1. The summed E-state index contributed by atoms with van der Waals surface area (Å²) < 4.78 is 22.9. The summed E-state index contributed by atoms with van der Waals surface area (Å²) in [6.45, 7) is 0.559. The van der Waals surface area contributed by atoms with Crippen molar-refractivity contribution in [2.24, 2.45) is 4.99 Å². The second-order valence-corrected chi connectivity index (χ2v) is 8.25. The molecule has 1 aliphatic heterocycles. The third-order valence-corrected chi connectivity index (χ3v) is 5.98. The van der Waals surface area contributed by atoms with Gasteiger partial charge in [0.25, 0.3) is 0 Å². The van der Waals surface area contributed by atoms with E-state index in [1.807, 2.05) is 24.4 Å². The summed E-state index contributed by atoms with van der Waals surface area (Å²) in [6.07, 6.45) is 0.629. The van der Waals surface area contributed by atoms with Crippen LogP contribution in [-0.2, 0) is 16.4 Å². The summed E-state index contributed by atoms with van der Waals surface area (Å²) in [7, 11) is 2.70. The number of guanidine groups is 1. The molecule has 7 nitrogen and oxygen atoms in total. The van der Waals surface area contributed by atoms with Gasteiger partial charge in [-0.15, -0.1) is 11.3 Å². The molecule has 118 valence electrons. The smallest absolute Gasteiger partial charge is 0.191 e. The lowest BCUT2D eigenvalue weighted by molar-refractivity contribution is 0.599. The minimum Gasteiger partial charge on any atom is -0.354 e. The van der Waals surface area contributed by atoms with Gasteiger partial charge < -0.3 is 15.5 Å². The molecule has 0 aliphatic carbocycles. The highest BCUT2D eigenvalue weighted by Crippen LogP contribution is 2.17. The van der Waals surface area contributed by atoms with Gasteiger partial charge in [0.1, 0.15) is 0 Å². The van der Waals surface area contributed by atoms with E-state index in [0.717, 1.165) is 10.8 Å². The molecule has 1 saturated heterocycles. The lowest BCUT2D eigenvalue weighted by atomic mass is 10.3. The molecule has 2 N–H and O–H groups in total. The summed E-state index contributed by atoms with van der Waals surface area (Å²) in [4.78, 5) is 10.6. The number of rotatable bonds is 4. The van der Waals surface area contributed by atoms with Gasteiger partial charge in [-0.25, -0.2) is 13.4 Å². The first-order valence-corrected chi connectivity index (χ1v) is 9.39. The van der Waals surface area contributed by atoms with Crippen LogP contribution in [0.1, 0.15) is 12.1 Å². The van der Waals surface area contributed by atoms with Crippen molar-refractivity contribution in [3.63, 3.8) is 0 Å². The number of nitrogens with zero attached hydrogens (tertiary/aromatic N) is 3. The van der Waals surface area contributed by atoms with E-state index in [1.54, 1.807) is 18.4 Å². The number of aliphatic imine (C=N–C) groups is 1. The maximum atomic E-state index is 11.4. The second-order valence-electron chi connectivity index (χ2n) is 5.19. The lowest BCUT2D eigenvalue weighted by Gasteiger charge is -2.15. The Bertz CT molecular complexity index is 609. The van der Waals surface area contributed by atoms with Gasteiger partial charge in [-0.3, -0.25) is 4.99 Å². The highest BCUT2D eigenvalue weighted by atomic mass is 32.2. The molecule has 0 radical (unpaired) electrons. The van der Waals surface area contributed by atoms with E-state index >= 15 is 0 Å². The molecule has 1 unspecified atom stereocenters. The Morgan fingerprint density at radius 3 is 2.86 bits per heavy atom. The number of sulfone groups is 1. The highest BCUT2D eigenvalue weighted by molar-refractivity contribution is 7.91. The van der Waals surface area contributed by atoms with Gasteiger partial charge in [-0.2, -0.15) is 0 Å². The van der Waals surface area contributed by atoms with Gasteiger partial charge in [0, 0.05) is 32.6 Å². The average molecular weight is 331 g/mol. The first-order valence-electron chi connectivity index (χ1n) is 6.69.